The second-order valence-electron chi connectivity index (χ2n) is 9.20. The van der Waals surface area contributed by atoms with Gasteiger partial charge in [-0.2, -0.15) is 13.2 Å². The number of hydrogen-bond acceptors (Lipinski definition) is 4. The number of thioether (sulfide) groups is 1. The summed E-state index contributed by atoms with van der Waals surface area (Å²) in [6.45, 7) is 14.8. The minimum absolute atomic E-state index is 0.294. The second kappa shape index (κ2) is 11.9. The predicted octanol–water partition coefficient (Wildman–Crippen LogP) is 8.50. The van der Waals surface area contributed by atoms with E-state index in [1.54, 1.807) is 18.2 Å². The first-order valence-corrected chi connectivity index (χ1v) is 12.4. The zero-order valence-electron chi connectivity index (χ0n) is 21.5. The number of alkyl halides is 3. The van der Waals surface area contributed by atoms with Gasteiger partial charge in [-0.15, -0.1) is 0 Å². The summed E-state index contributed by atoms with van der Waals surface area (Å²) in [6, 6.07) is 10.2. The number of carbonyl (C=O) groups is 1. The molecule has 36 heavy (non-hydrogen) atoms. The van der Waals surface area contributed by atoms with Crippen LogP contribution in [-0.4, -0.2) is 22.8 Å². The molecule has 0 fully saturated rings. The maximum atomic E-state index is 12.9. The third kappa shape index (κ3) is 7.82. The molecule has 0 amide bonds. The van der Waals surface area contributed by atoms with Crippen LogP contribution in [0.5, 0.6) is 11.5 Å². The summed E-state index contributed by atoms with van der Waals surface area (Å²) in [7, 11) is 0. The van der Waals surface area contributed by atoms with Gasteiger partial charge in [0.25, 0.3) is 0 Å². The van der Waals surface area contributed by atoms with Crippen molar-refractivity contribution in [2.75, 3.05) is 0 Å². The molecule has 0 aliphatic heterocycles. The van der Waals surface area contributed by atoms with Crippen LogP contribution in [-0.2, 0) is 11.0 Å². The minimum Gasteiger partial charge on any atom is -0.485 e. The molecule has 1 atom stereocenters. The van der Waals surface area contributed by atoms with Crippen molar-refractivity contribution >= 4 is 22.6 Å². The quantitative estimate of drug-likeness (QED) is 0.321. The summed E-state index contributed by atoms with van der Waals surface area (Å²) in [5, 5.41) is 9.33. The van der Waals surface area contributed by atoms with Gasteiger partial charge in [0, 0.05) is 9.81 Å². The topological polar surface area (TPSA) is 55.8 Å². The highest BCUT2D eigenvalue weighted by molar-refractivity contribution is 8.11. The van der Waals surface area contributed by atoms with Crippen molar-refractivity contribution in [2.45, 2.75) is 72.3 Å². The molecule has 0 radical (unpaired) electrons. The molecule has 0 spiro atoms. The van der Waals surface area contributed by atoms with Crippen LogP contribution in [0, 0.1) is 6.92 Å². The molecular weight excluding hydrogens is 489 g/mol. The van der Waals surface area contributed by atoms with Gasteiger partial charge in [0.2, 0.25) is 0 Å². The normalized spacial score (nSPS) is 12.6. The van der Waals surface area contributed by atoms with Crippen LogP contribution in [0.15, 0.2) is 59.5 Å². The highest BCUT2D eigenvalue weighted by atomic mass is 32.2. The molecule has 0 aliphatic rings. The first kappa shape index (κ1) is 29.4. The van der Waals surface area contributed by atoms with Crippen molar-refractivity contribution in [3.05, 3.63) is 76.2 Å². The summed E-state index contributed by atoms with van der Waals surface area (Å²) in [4.78, 5) is 13.0. The number of hydrogen-bond donors (Lipinski definition) is 1. The summed E-state index contributed by atoms with van der Waals surface area (Å²) in [5.41, 5.74) is 0.292. The second-order valence-corrected chi connectivity index (χ2v) is 10.3. The van der Waals surface area contributed by atoms with Gasteiger partial charge in [0.05, 0.1) is 5.56 Å². The maximum Gasteiger partial charge on any atom is 0.416 e. The van der Waals surface area contributed by atoms with Crippen molar-refractivity contribution < 1.29 is 32.5 Å². The van der Waals surface area contributed by atoms with E-state index >= 15 is 0 Å². The molecule has 2 rings (SSSR count). The first-order valence-electron chi connectivity index (χ1n) is 11.6. The van der Waals surface area contributed by atoms with Crippen molar-refractivity contribution in [3.63, 3.8) is 0 Å². The number of carboxylic acids is 1. The van der Waals surface area contributed by atoms with Gasteiger partial charge in [0.15, 0.2) is 5.60 Å². The lowest BCUT2D eigenvalue weighted by Gasteiger charge is -2.25. The Labute approximate surface area is 215 Å². The van der Waals surface area contributed by atoms with E-state index in [4.69, 9.17) is 9.47 Å². The van der Waals surface area contributed by atoms with Crippen LogP contribution in [0.1, 0.15) is 64.2 Å². The van der Waals surface area contributed by atoms with Crippen molar-refractivity contribution in [3.8, 4) is 11.5 Å². The largest absolute Gasteiger partial charge is 0.485 e. The van der Waals surface area contributed by atoms with Gasteiger partial charge >= 0.3 is 12.1 Å². The van der Waals surface area contributed by atoms with E-state index < -0.39 is 23.3 Å². The Balaban J connectivity index is 2.24. The van der Waals surface area contributed by atoms with Crippen LogP contribution in [0.25, 0.3) is 4.91 Å². The molecule has 4 nitrogen and oxygen atoms in total. The van der Waals surface area contributed by atoms with Gasteiger partial charge < -0.3 is 14.6 Å². The van der Waals surface area contributed by atoms with E-state index in [1.165, 1.54) is 37.7 Å². The molecule has 0 saturated carbocycles. The number of aliphatic carboxylic acids is 1. The van der Waals surface area contributed by atoms with Crippen LogP contribution in [0.3, 0.4) is 0 Å². The monoisotopic (exact) mass is 522 g/mol. The molecule has 1 N–H and O–H groups in total. The van der Waals surface area contributed by atoms with Crippen LogP contribution in [0.4, 0.5) is 13.2 Å². The Hall–Kier alpha value is -2.87. The number of ether oxygens (including phenoxy) is 2. The number of rotatable bonds is 11. The van der Waals surface area contributed by atoms with Crippen LogP contribution >= 0.6 is 11.8 Å². The van der Waals surface area contributed by atoms with Gasteiger partial charge in [-0.25, -0.2) is 4.79 Å². The predicted molar refractivity (Wildman–Crippen MR) is 139 cm³/mol. The SMILES string of the molecule is C=C(SC(=C(C)C)C(CCC)Oc1ccc(OC(C)(C)C(=O)O)c(C)c1)c1ccc(C(F)(F)F)cc1. The Bertz CT molecular complexity index is 1110. The zero-order valence-corrected chi connectivity index (χ0v) is 22.3. The van der Waals surface area contributed by atoms with Crippen LogP contribution < -0.4 is 9.47 Å². The standard InChI is InChI=1S/C28H33F3O4S/c1-8-9-24(34-22-14-15-23(18(4)16-22)35-27(6,7)26(32)33)25(17(2)3)36-19(5)20-10-12-21(13-11-20)28(29,30)31/h10-16,24H,5,8-9H2,1-4,6-7H3,(H,32,33). The number of benzene rings is 2. The van der Waals surface area contributed by atoms with Gasteiger partial charge in [0.1, 0.15) is 17.6 Å². The summed E-state index contributed by atoms with van der Waals surface area (Å²) >= 11 is 1.39. The lowest BCUT2D eigenvalue weighted by molar-refractivity contribution is -0.152. The van der Waals surface area contributed by atoms with Crippen molar-refractivity contribution in [2.24, 2.45) is 0 Å². The van der Waals surface area contributed by atoms with E-state index in [9.17, 15) is 23.1 Å². The minimum atomic E-state index is -4.39. The Morgan fingerprint density at radius 3 is 2.19 bits per heavy atom. The molecule has 0 saturated heterocycles. The fourth-order valence-corrected chi connectivity index (χ4v) is 4.35. The number of halogens is 3. The first-order chi connectivity index (χ1) is 16.7. The molecule has 2 aromatic carbocycles. The van der Waals surface area contributed by atoms with E-state index in [-0.39, 0.29) is 6.10 Å². The molecule has 0 heterocycles. The van der Waals surface area contributed by atoms with Gasteiger partial charge in [-0.3, -0.25) is 0 Å². The highest BCUT2D eigenvalue weighted by Crippen LogP contribution is 2.40. The Kier molecular flexibility index (Phi) is 9.71. The summed E-state index contributed by atoms with van der Waals surface area (Å²) < 4.78 is 50.8. The molecule has 0 aliphatic carbocycles. The van der Waals surface area contributed by atoms with E-state index in [2.05, 4.69) is 6.58 Å². The Morgan fingerprint density at radius 1 is 1.11 bits per heavy atom. The molecule has 1 unspecified atom stereocenters. The zero-order chi connectivity index (χ0) is 27.3. The third-order valence-electron chi connectivity index (χ3n) is 5.41. The average Bonchev–Trinajstić information content (AvgIpc) is 2.78. The Morgan fingerprint density at radius 2 is 1.72 bits per heavy atom. The lowest BCUT2D eigenvalue weighted by Crippen LogP contribution is -2.38. The molecule has 8 heteroatoms. The smallest absolute Gasteiger partial charge is 0.416 e. The van der Waals surface area contributed by atoms with Gasteiger partial charge in [-0.05, 0) is 82.5 Å². The number of aryl methyl sites for hydroxylation is 1. The number of carboxylic acid groups (broad SMARTS) is 1. The molecular formula is C28H33F3O4S. The van der Waals surface area contributed by atoms with Crippen molar-refractivity contribution in [1.29, 1.82) is 0 Å². The molecule has 0 aromatic heterocycles. The average molecular weight is 523 g/mol. The number of allylic oxidation sites excluding steroid dienone is 1. The maximum absolute atomic E-state index is 12.9. The van der Waals surface area contributed by atoms with E-state index in [0.717, 1.165) is 41.0 Å². The lowest BCUT2D eigenvalue weighted by atomic mass is 10.1. The van der Waals surface area contributed by atoms with Crippen molar-refractivity contribution in [1.82, 2.24) is 0 Å². The summed E-state index contributed by atoms with van der Waals surface area (Å²) in [6.07, 6.45) is -3.11. The fraction of sp³-hybridized carbons (Fsp3) is 0.393. The fourth-order valence-electron chi connectivity index (χ4n) is 3.32. The molecule has 0 bridgehead atoms. The van der Waals surface area contributed by atoms with Gasteiger partial charge in [-0.1, -0.05) is 49.4 Å². The van der Waals surface area contributed by atoms with E-state index in [1.807, 2.05) is 27.7 Å². The van der Waals surface area contributed by atoms with Crippen LogP contribution in [0.2, 0.25) is 0 Å². The molecule has 2 aromatic rings. The highest BCUT2D eigenvalue weighted by Gasteiger charge is 2.31. The third-order valence-corrected chi connectivity index (χ3v) is 6.78. The molecule has 196 valence electrons. The summed E-state index contributed by atoms with van der Waals surface area (Å²) in [5.74, 6) is -0.0102. The van der Waals surface area contributed by atoms with E-state index in [0.29, 0.717) is 22.0 Å².